The van der Waals surface area contributed by atoms with Gasteiger partial charge in [-0.2, -0.15) is 0 Å². The predicted octanol–water partition coefficient (Wildman–Crippen LogP) is 3.58. The molecule has 1 aromatic heterocycles. The first kappa shape index (κ1) is 15.3. The minimum Gasteiger partial charge on any atom is -0.382 e. The van der Waals surface area contributed by atoms with E-state index in [1.807, 2.05) is 18.2 Å². The van der Waals surface area contributed by atoms with Gasteiger partial charge in [-0.1, -0.05) is 11.2 Å². The molecule has 0 saturated heterocycles. The number of aromatic amines is 1. The Labute approximate surface area is 141 Å². The lowest BCUT2D eigenvalue weighted by Crippen LogP contribution is -2.28. The molecule has 4 rings (SSSR count). The van der Waals surface area contributed by atoms with Gasteiger partial charge >= 0.3 is 0 Å². The maximum atomic E-state index is 13.8. The van der Waals surface area contributed by atoms with Gasteiger partial charge in [-0.15, -0.1) is 0 Å². The summed E-state index contributed by atoms with van der Waals surface area (Å²) < 4.78 is 27.6. The maximum Gasteiger partial charge on any atom is 0.268 e. The highest BCUT2D eigenvalue weighted by molar-refractivity contribution is 6.06. The molecule has 2 aromatic carbocycles. The standard InChI is InChI=1S/C18H13F2N3O2/c19-12-2-1-3-13(20)17(12)15-9-16(25-23-15)18(24)22-11-4-5-14-10(8-11)6-7-21-14/h1-8,16,21H,9H2,(H,22,24). The average Bonchev–Trinajstić information content (AvgIpc) is 3.23. The third kappa shape index (κ3) is 2.84. The largest absolute Gasteiger partial charge is 0.382 e. The molecule has 126 valence electrons. The Morgan fingerprint density at radius 3 is 2.80 bits per heavy atom. The van der Waals surface area contributed by atoms with E-state index in [4.69, 9.17) is 4.84 Å². The molecular weight excluding hydrogens is 328 g/mol. The number of aromatic nitrogens is 1. The lowest BCUT2D eigenvalue weighted by molar-refractivity contribution is -0.125. The molecule has 0 radical (unpaired) electrons. The summed E-state index contributed by atoms with van der Waals surface area (Å²) in [5.74, 6) is -1.90. The van der Waals surface area contributed by atoms with Gasteiger partial charge in [-0.3, -0.25) is 4.79 Å². The molecule has 3 aromatic rings. The number of nitrogens with zero attached hydrogens (tertiary/aromatic N) is 1. The van der Waals surface area contributed by atoms with Gasteiger partial charge in [0.05, 0.1) is 11.3 Å². The minimum absolute atomic E-state index is 0.00388. The molecule has 1 aliphatic heterocycles. The summed E-state index contributed by atoms with van der Waals surface area (Å²) in [4.78, 5) is 20.5. The third-order valence-electron chi connectivity index (χ3n) is 4.03. The van der Waals surface area contributed by atoms with E-state index >= 15 is 0 Å². The molecule has 1 unspecified atom stereocenters. The molecule has 25 heavy (non-hydrogen) atoms. The Bertz CT molecular complexity index is 977. The van der Waals surface area contributed by atoms with Crippen LogP contribution in [-0.4, -0.2) is 22.7 Å². The van der Waals surface area contributed by atoms with Crippen LogP contribution < -0.4 is 5.32 Å². The zero-order valence-electron chi connectivity index (χ0n) is 12.9. The van der Waals surface area contributed by atoms with Gasteiger partial charge in [0.25, 0.3) is 5.91 Å². The van der Waals surface area contributed by atoms with Crippen LogP contribution in [0.5, 0.6) is 0 Å². The lowest BCUT2D eigenvalue weighted by atomic mass is 10.0. The maximum absolute atomic E-state index is 13.8. The number of oxime groups is 1. The van der Waals surface area contributed by atoms with Crippen molar-refractivity contribution in [3.63, 3.8) is 0 Å². The summed E-state index contributed by atoms with van der Waals surface area (Å²) in [5.41, 5.74) is 1.38. The van der Waals surface area contributed by atoms with Crippen LogP contribution in [0.25, 0.3) is 10.9 Å². The Morgan fingerprint density at radius 1 is 1.20 bits per heavy atom. The number of anilines is 1. The van der Waals surface area contributed by atoms with Crippen LogP contribution >= 0.6 is 0 Å². The first-order valence-electron chi connectivity index (χ1n) is 7.67. The number of amides is 1. The summed E-state index contributed by atoms with van der Waals surface area (Å²) in [6.45, 7) is 0. The highest BCUT2D eigenvalue weighted by Gasteiger charge is 2.31. The topological polar surface area (TPSA) is 66.5 Å². The van der Waals surface area contributed by atoms with Crippen molar-refractivity contribution in [1.29, 1.82) is 0 Å². The van der Waals surface area contributed by atoms with Crippen LogP contribution in [0.4, 0.5) is 14.5 Å². The zero-order valence-corrected chi connectivity index (χ0v) is 12.9. The molecule has 5 nitrogen and oxygen atoms in total. The number of H-pyrrole nitrogens is 1. The molecule has 0 saturated carbocycles. The van der Waals surface area contributed by atoms with E-state index < -0.39 is 23.6 Å². The van der Waals surface area contributed by atoms with Crippen LogP contribution in [-0.2, 0) is 9.63 Å². The average molecular weight is 341 g/mol. The first-order chi connectivity index (χ1) is 12.1. The van der Waals surface area contributed by atoms with Crippen LogP contribution in [0.1, 0.15) is 12.0 Å². The zero-order chi connectivity index (χ0) is 17.4. The van der Waals surface area contributed by atoms with Crippen molar-refractivity contribution in [3.8, 4) is 0 Å². The summed E-state index contributed by atoms with van der Waals surface area (Å²) in [6, 6.07) is 10.9. The van der Waals surface area contributed by atoms with Gasteiger partial charge in [0.15, 0.2) is 0 Å². The van der Waals surface area contributed by atoms with Gasteiger partial charge in [0.1, 0.15) is 11.6 Å². The molecule has 1 atom stereocenters. The monoisotopic (exact) mass is 341 g/mol. The number of halogens is 2. The molecule has 7 heteroatoms. The normalized spacial score (nSPS) is 16.6. The fourth-order valence-corrected chi connectivity index (χ4v) is 2.79. The van der Waals surface area contributed by atoms with Crippen molar-refractivity contribution in [2.24, 2.45) is 5.16 Å². The van der Waals surface area contributed by atoms with Gasteiger partial charge in [0.2, 0.25) is 6.10 Å². The summed E-state index contributed by atoms with van der Waals surface area (Å²) in [7, 11) is 0. The fourth-order valence-electron chi connectivity index (χ4n) is 2.79. The van der Waals surface area contributed by atoms with Crippen LogP contribution in [0, 0.1) is 11.6 Å². The van der Waals surface area contributed by atoms with E-state index in [2.05, 4.69) is 15.5 Å². The molecule has 2 heterocycles. The van der Waals surface area contributed by atoms with Crippen molar-refractivity contribution < 1.29 is 18.4 Å². The number of hydrogen-bond donors (Lipinski definition) is 2. The van der Waals surface area contributed by atoms with Crippen molar-refractivity contribution in [1.82, 2.24) is 4.98 Å². The van der Waals surface area contributed by atoms with E-state index in [0.29, 0.717) is 5.69 Å². The van der Waals surface area contributed by atoms with Gasteiger partial charge in [-0.05, 0) is 36.4 Å². The van der Waals surface area contributed by atoms with E-state index in [1.54, 1.807) is 12.3 Å². The Morgan fingerprint density at radius 2 is 2.00 bits per heavy atom. The molecule has 0 fully saturated rings. The van der Waals surface area contributed by atoms with E-state index in [9.17, 15) is 13.6 Å². The molecular formula is C18H13F2N3O2. The number of nitrogens with one attached hydrogen (secondary N) is 2. The van der Waals surface area contributed by atoms with E-state index in [1.165, 1.54) is 6.07 Å². The number of fused-ring (bicyclic) bond motifs is 1. The number of benzene rings is 2. The lowest BCUT2D eigenvalue weighted by Gasteiger charge is -2.10. The molecule has 0 spiro atoms. The van der Waals surface area contributed by atoms with Crippen LogP contribution in [0.15, 0.2) is 53.8 Å². The SMILES string of the molecule is O=C(Nc1ccc2[nH]ccc2c1)C1CC(c2c(F)cccc2F)=NO1. The molecule has 0 aliphatic carbocycles. The second kappa shape index (κ2) is 6.01. The quantitative estimate of drug-likeness (QED) is 0.765. The van der Waals surface area contributed by atoms with Crippen LogP contribution in [0.3, 0.4) is 0 Å². The molecule has 1 aliphatic rings. The highest BCUT2D eigenvalue weighted by atomic mass is 19.1. The fraction of sp³-hybridized carbons (Fsp3) is 0.111. The number of carbonyl (C=O) groups excluding carboxylic acids is 1. The van der Waals surface area contributed by atoms with Crippen molar-refractivity contribution in [3.05, 3.63) is 65.9 Å². The van der Waals surface area contributed by atoms with Crippen molar-refractivity contribution in [2.75, 3.05) is 5.32 Å². The van der Waals surface area contributed by atoms with Crippen LogP contribution in [0.2, 0.25) is 0 Å². The number of hydrogen-bond acceptors (Lipinski definition) is 3. The second-order valence-electron chi connectivity index (χ2n) is 5.70. The Balaban J connectivity index is 1.48. The summed E-state index contributed by atoms with van der Waals surface area (Å²) in [6.07, 6.45) is 0.867. The second-order valence-corrected chi connectivity index (χ2v) is 5.70. The van der Waals surface area contributed by atoms with E-state index in [0.717, 1.165) is 23.0 Å². The highest BCUT2D eigenvalue weighted by Crippen LogP contribution is 2.23. The van der Waals surface area contributed by atoms with E-state index in [-0.39, 0.29) is 17.7 Å². The van der Waals surface area contributed by atoms with Gasteiger partial charge in [0, 0.05) is 29.2 Å². The molecule has 2 N–H and O–H groups in total. The smallest absolute Gasteiger partial charge is 0.268 e. The molecule has 1 amide bonds. The van der Waals surface area contributed by atoms with Crippen molar-refractivity contribution >= 4 is 28.2 Å². The van der Waals surface area contributed by atoms with Gasteiger partial charge in [-0.25, -0.2) is 8.78 Å². The summed E-state index contributed by atoms with van der Waals surface area (Å²) in [5, 5.41) is 7.37. The predicted molar refractivity (Wildman–Crippen MR) is 89.3 cm³/mol. The molecule has 0 bridgehead atoms. The Hall–Kier alpha value is -3.22. The Kier molecular flexibility index (Phi) is 3.68. The number of carbonyl (C=O) groups is 1. The summed E-state index contributed by atoms with van der Waals surface area (Å²) >= 11 is 0. The first-order valence-corrected chi connectivity index (χ1v) is 7.67. The third-order valence-corrected chi connectivity index (χ3v) is 4.03. The van der Waals surface area contributed by atoms with Crippen molar-refractivity contribution in [2.45, 2.75) is 12.5 Å². The van der Waals surface area contributed by atoms with Gasteiger partial charge < -0.3 is 15.1 Å². The minimum atomic E-state index is -0.934. The number of rotatable bonds is 3.